The highest BCUT2D eigenvalue weighted by Crippen LogP contribution is 2.26. The third-order valence-electron chi connectivity index (χ3n) is 5.84. The molecule has 2 atom stereocenters. The summed E-state index contributed by atoms with van der Waals surface area (Å²) in [5.41, 5.74) is -1.10. The van der Waals surface area contributed by atoms with Crippen LogP contribution in [0.4, 0.5) is 4.39 Å². The van der Waals surface area contributed by atoms with E-state index in [0.717, 1.165) is 12.1 Å². The number of carbonyl (C=O) groups excluding carboxylic acids is 3. The molecule has 1 aliphatic rings. The van der Waals surface area contributed by atoms with Gasteiger partial charge in [0.25, 0.3) is 5.91 Å². The van der Waals surface area contributed by atoms with E-state index in [1.54, 1.807) is 0 Å². The molecule has 0 bridgehead atoms. The molecule has 5 N–H and O–H groups in total. The quantitative estimate of drug-likeness (QED) is 0.253. The number of hydrogen-bond acceptors (Lipinski definition) is 8. The maximum absolute atomic E-state index is 13.7. The predicted octanol–water partition coefficient (Wildman–Crippen LogP) is -0.504. The molecule has 1 heterocycles. The Morgan fingerprint density at radius 2 is 1.88 bits per heavy atom. The van der Waals surface area contributed by atoms with Gasteiger partial charge in [-0.3, -0.25) is 14.4 Å². The second kappa shape index (κ2) is 11.8. The number of hydrogen-bond donors (Lipinski definition) is 5. The van der Waals surface area contributed by atoms with Crippen LogP contribution in [0.3, 0.4) is 0 Å². The topological polar surface area (TPSA) is 162 Å². The van der Waals surface area contributed by atoms with Gasteiger partial charge in [0.1, 0.15) is 17.3 Å². The molecule has 0 saturated carbocycles. The number of aliphatic hydroxyl groups excluding tert-OH is 2. The van der Waals surface area contributed by atoms with Crippen molar-refractivity contribution < 1.29 is 37.4 Å². The summed E-state index contributed by atoms with van der Waals surface area (Å²) < 4.78 is 40.1. The first kappa shape index (κ1) is 27.8. The molecule has 1 unspecified atom stereocenters. The van der Waals surface area contributed by atoms with Gasteiger partial charge < -0.3 is 26.2 Å². The van der Waals surface area contributed by atoms with Gasteiger partial charge in [0, 0.05) is 18.4 Å². The van der Waals surface area contributed by atoms with Crippen molar-refractivity contribution in [3.63, 3.8) is 0 Å². The van der Waals surface area contributed by atoms with Gasteiger partial charge in [0.2, 0.25) is 11.7 Å². The normalized spacial score (nSPS) is 17.0. The molecule has 0 radical (unpaired) electrons. The van der Waals surface area contributed by atoms with Crippen molar-refractivity contribution in [1.82, 2.24) is 16.0 Å². The number of amides is 2. The van der Waals surface area contributed by atoms with Crippen LogP contribution in [0.15, 0.2) is 29.2 Å². The lowest BCUT2D eigenvalue weighted by Gasteiger charge is -2.31. The van der Waals surface area contributed by atoms with Crippen LogP contribution in [0.1, 0.15) is 33.1 Å². The van der Waals surface area contributed by atoms with Gasteiger partial charge >= 0.3 is 0 Å². The molecule has 1 saturated heterocycles. The smallest absolute Gasteiger partial charge is 0.288 e. The summed E-state index contributed by atoms with van der Waals surface area (Å²) in [4.78, 5) is 36.6. The SMILES string of the molecule is CC(C)(CO)C(O)C(=O)NCCC(=O)C(=O)N[C@@H](C1CCNCC1)S(=O)(=O)c1cccc(F)c1. The fourth-order valence-corrected chi connectivity index (χ4v) is 5.43. The second-order valence-electron chi connectivity index (χ2n) is 9.00. The Bertz CT molecular complexity index is 994. The first-order valence-electron chi connectivity index (χ1n) is 11.0. The Morgan fingerprint density at radius 1 is 1.24 bits per heavy atom. The lowest BCUT2D eigenvalue weighted by atomic mass is 9.87. The van der Waals surface area contributed by atoms with Gasteiger partial charge in [-0.2, -0.15) is 0 Å². The van der Waals surface area contributed by atoms with E-state index in [1.165, 1.54) is 26.0 Å². The number of ketones is 1. The van der Waals surface area contributed by atoms with Crippen molar-refractivity contribution in [2.45, 2.75) is 49.5 Å². The molecule has 0 spiro atoms. The van der Waals surface area contributed by atoms with Gasteiger partial charge in [-0.15, -0.1) is 0 Å². The first-order chi connectivity index (χ1) is 15.9. The summed E-state index contributed by atoms with van der Waals surface area (Å²) in [5, 5.41) is 25.5. The van der Waals surface area contributed by atoms with Crippen LogP contribution in [-0.4, -0.2) is 73.9 Å². The van der Waals surface area contributed by atoms with Crippen LogP contribution in [-0.2, 0) is 24.2 Å². The number of halogens is 1. The Hall–Kier alpha value is -2.41. The largest absolute Gasteiger partial charge is 0.396 e. The molecule has 12 heteroatoms. The molecular weight excluding hydrogens is 469 g/mol. The monoisotopic (exact) mass is 501 g/mol. The molecule has 1 aliphatic heterocycles. The van der Waals surface area contributed by atoms with Crippen LogP contribution in [0, 0.1) is 17.2 Å². The van der Waals surface area contributed by atoms with E-state index in [1.807, 2.05) is 0 Å². The molecule has 1 aromatic carbocycles. The standard InChI is InChI=1S/C22H32FN3O7S/c1-22(2,13-27)18(29)20(31)25-11-8-17(28)19(30)26-21(14-6-9-24-10-7-14)34(32,33)16-5-3-4-15(23)12-16/h3-5,12,14,18,21,24,27,29H,6-11,13H2,1-2H3,(H,25,31)(H,26,30)/t18?,21-/m1/s1. The van der Waals surface area contributed by atoms with E-state index in [0.29, 0.717) is 25.9 Å². The van der Waals surface area contributed by atoms with E-state index in [9.17, 15) is 37.4 Å². The Kier molecular flexibility index (Phi) is 9.68. The van der Waals surface area contributed by atoms with Gasteiger partial charge in [0.15, 0.2) is 9.84 Å². The van der Waals surface area contributed by atoms with Crippen molar-refractivity contribution in [1.29, 1.82) is 0 Å². The van der Waals surface area contributed by atoms with Crippen molar-refractivity contribution in [2.24, 2.45) is 11.3 Å². The molecule has 1 aromatic rings. The molecular formula is C22H32FN3O7S. The summed E-state index contributed by atoms with van der Waals surface area (Å²) >= 11 is 0. The number of nitrogens with one attached hydrogen (secondary N) is 3. The summed E-state index contributed by atoms with van der Waals surface area (Å²) in [6, 6.07) is 4.46. The highest BCUT2D eigenvalue weighted by atomic mass is 32.2. The van der Waals surface area contributed by atoms with Crippen LogP contribution < -0.4 is 16.0 Å². The van der Waals surface area contributed by atoms with E-state index < -0.39 is 69.1 Å². The molecule has 34 heavy (non-hydrogen) atoms. The van der Waals surface area contributed by atoms with E-state index >= 15 is 0 Å². The second-order valence-corrected chi connectivity index (χ2v) is 11.1. The van der Waals surface area contributed by atoms with E-state index in [2.05, 4.69) is 16.0 Å². The number of benzene rings is 1. The minimum Gasteiger partial charge on any atom is -0.396 e. The number of Topliss-reactive ketones (excluding diaryl/α,β-unsaturated/α-hetero) is 1. The fraction of sp³-hybridized carbons (Fsp3) is 0.591. The fourth-order valence-electron chi connectivity index (χ4n) is 3.55. The van der Waals surface area contributed by atoms with Gasteiger partial charge in [-0.05, 0) is 50.0 Å². The minimum absolute atomic E-state index is 0.266. The molecule has 1 fully saturated rings. The summed E-state index contributed by atoms with van der Waals surface area (Å²) in [6.07, 6.45) is -1.09. The average Bonchev–Trinajstić information content (AvgIpc) is 2.82. The van der Waals surface area contributed by atoms with Crippen molar-refractivity contribution in [3.8, 4) is 0 Å². The Balaban J connectivity index is 2.07. The lowest BCUT2D eigenvalue weighted by molar-refractivity contribution is -0.139. The Labute approximate surface area is 198 Å². The van der Waals surface area contributed by atoms with Gasteiger partial charge in [0.05, 0.1) is 11.5 Å². The van der Waals surface area contributed by atoms with Crippen LogP contribution in [0.5, 0.6) is 0 Å². The zero-order chi connectivity index (χ0) is 25.5. The molecule has 190 valence electrons. The minimum atomic E-state index is -4.19. The third-order valence-corrected chi connectivity index (χ3v) is 7.93. The predicted molar refractivity (Wildman–Crippen MR) is 121 cm³/mol. The van der Waals surface area contributed by atoms with Crippen LogP contribution in [0.25, 0.3) is 0 Å². The van der Waals surface area contributed by atoms with Crippen LogP contribution in [0.2, 0.25) is 0 Å². The summed E-state index contributed by atoms with van der Waals surface area (Å²) in [6.45, 7) is 3.31. The number of carbonyl (C=O) groups is 3. The average molecular weight is 502 g/mol. The molecule has 0 aliphatic carbocycles. The highest BCUT2D eigenvalue weighted by Gasteiger charge is 2.38. The van der Waals surface area contributed by atoms with Crippen molar-refractivity contribution >= 4 is 27.4 Å². The summed E-state index contributed by atoms with van der Waals surface area (Å²) in [5.74, 6) is -4.12. The zero-order valence-electron chi connectivity index (χ0n) is 19.2. The van der Waals surface area contributed by atoms with E-state index in [-0.39, 0.29) is 11.4 Å². The maximum Gasteiger partial charge on any atom is 0.288 e. The Morgan fingerprint density at radius 3 is 2.47 bits per heavy atom. The highest BCUT2D eigenvalue weighted by molar-refractivity contribution is 7.92. The molecule has 2 rings (SSSR count). The molecule has 2 amide bonds. The number of aliphatic hydroxyl groups is 2. The van der Waals surface area contributed by atoms with Crippen molar-refractivity contribution in [2.75, 3.05) is 26.2 Å². The van der Waals surface area contributed by atoms with Crippen molar-refractivity contribution in [3.05, 3.63) is 30.1 Å². The third kappa shape index (κ3) is 7.05. The lowest BCUT2D eigenvalue weighted by Crippen LogP contribution is -2.51. The number of rotatable bonds is 11. The van der Waals surface area contributed by atoms with E-state index in [4.69, 9.17) is 0 Å². The molecule has 10 nitrogen and oxygen atoms in total. The van der Waals surface area contributed by atoms with Gasteiger partial charge in [-0.1, -0.05) is 19.9 Å². The van der Waals surface area contributed by atoms with Crippen LogP contribution >= 0.6 is 0 Å². The van der Waals surface area contributed by atoms with Gasteiger partial charge in [-0.25, -0.2) is 12.8 Å². The maximum atomic E-state index is 13.7. The first-order valence-corrected chi connectivity index (χ1v) is 12.6. The molecule has 0 aromatic heterocycles. The zero-order valence-corrected chi connectivity index (χ0v) is 20.0. The number of piperidine rings is 1. The summed E-state index contributed by atoms with van der Waals surface area (Å²) in [7, 11) is -4.19. The number of sulfone groups is 1.